The largest absolute Gasteiger partial charge is 0.459 e. The summed E-state index contributed by atoms with van der Waals surface area (Å²) in [4.78, 5) is 12.3. The first-order valence-electron chi connectivity index (χ1n) is 10.5. The van der Waals surface area contributed by atoms with Crippen LogP contribution < -0.4 is 0 Å². The SMILES string of the molecule is CCOP(OCC)OC1C[C@H](OCc2ccccc2)[C@@H](COC(=O)c2ccccc2)O1. The fraction of sp³-hybridized carbons (Fsp3) is 0.435. The molecule has 0 bridgehead atoms. The smallest absolute Gasteiger partial charge is 0.338 e. The summed E-state index contributed by atoms with van der Waals surface area (Å²) in [7, 11) is -1.51. The number of ether oxygens (including phenoxy) is 3. The maximum Gasteiger partial charge on any atom is 0.338 e. The Balaban J connectivity index is 1.60. The van der Waals surface area contributed by atoms with Crippen LogP contribution in [0.4, 0.5) is 0 Å². The molecule has 0 spiro atoms. The number of esters is 1. The molecule has 168 valence electrons. The van der Waals surface area contributed by atoms with E-state index in [1.165, 1.54) is 0 Å². The Morgan fingerprint density at radius 2 is 1.65 bits per heavy atom. The van der Waals surface area contributed by atoms with E-state index in [1.54, 1.807) is 24.3 Å². The van der Waals surface area contributed by atoms with Gasteiger partial charge in [-0.15, -0.1) is 0 Å². The van der Waals surface area contributed by atoms with Gasteiger partial charge in [-0.05, 0) is 31.5 Å². The molecular weight excluding hydrogens is 419 g/mol. The second-order valence-corrected chi connectivity index (χ2v) is 7.98. The van der Waals surface area contributed by atoms with Gasteiger partial charge in [0.2, 0.25) is 0 Å². The van der Waals surface area contributed by atoms with E-state index in [4.69, 9.17) is 27.8 Å². The van der Waals surface area contributed by atoms with Gasteiger partial charge in [-0.2, -0.15) is 0 Å². The molecule has 1 heterocycles. The zero-order valence-corrected chi connectivity index (χ0v) is 18.7. The molecule has 7 nitrogen and oxygen atoms in total. The number of benzene rings is 2. The molecule has 1 unspecified atom stereocenters. The molecule has 2 aromatic carbocycles. The minimum absolute atomic E-state index is 0.0637. The van der Waals surface area contributed by atoms with Crippen LogP contribution in [-0.4, -0.2) is 44.3 Å². The van der Waals surface area contributed by atoms with Crippen LogP contribution in [0, 0.1) is 0 Å². The third kappa shape index (κ3) is 7.65. The zero-order valence-electron chi connectivity index (χ0n) is 17.8. The monoisotopic (exact) mass is 448 g/mol. The Bertz CT molecular complexity index is 768. The van der Waals surface area contributed by atoms with Crippen molar-refractivity contribution in [3.05, 3.63) is 71.8 Å². The molecule has 1 fully saturated rings. The van der Waals surface area contributed by atoms with Crippen molar-refractivity contribution in [3.8, 4) is 0 Å². The summed E-state index contributed by atoms with van der Waals surface area (Å²) in [5, 5.41) is 0. The molecule has 0 N–H and O–H groups in total. The highest BCUT2D eigenvalue weighted by molar-refractivity contribution is 7.41. The molecule has 1 saturated heterocycles. The van der Waals surface area contributed by atoms with Crippen LogP contribution in [0.25, 0.3) is 0 Å². The summed E-state index contributed by atoms with van der Waals surface area (Å²) in [6.07, 6.45) is -0.833. The van der Waals surface area contributed by atoms with Crippen LogP contribution in [0.1, 0.15) is 36.2 Å². The van der Waals surface area contributed by atoms with Gasteiger partial charge in [0.1, 0.15) is 12.7 Å². The number of rotatable bonds is 12. The molecule has 0 saturated carbocycles. The molecule has 31 heavy (non-hydrogen) atoms. The normalized spacial score (nSPS) is 20.8. The third-order valence-corrected chi connectivity index (χ3v) is 5.88. The van der Waals surface area contributed by atoms with E-state index in [2.05, 4.69) is 0 Å². The minimum Gasteiger partial charge on any atom is -0.459 e. The van der Waals surface area contributed by atoms with Gasteiger partial charge < -0.3 is 23.3 Å². The lowest BCUT2D eigenvalue weighted by molar-refractivity contribution is -0.108. The van der Waals surface area contributed by atoms with Crippen molar-refractivity contribution in [2.24, 2.45) is 0 Å². The Kier molecular flexibility index (Phi) is 9.87. The zero-order chi connectivity index (χ0) is 21.9. The van der Waals surface area contributed by atoms with E-state index in [-0.39, 0.29) is 12.7 Å². The fourth-order valence-electron chi connectivity index (χ4n) is 3.07. The Morgan fingerprint density at radius 1 is 1.00 bits per heavy atom. The van der Waals surface area contributed by atoms with Gasteiger partial charge in [-0.3, -0.25) is 4.52 Å². The first kappa shape index (κ1) is 23.8. The molecule has 1 aliphatic heterocycles. The second-order valence-electron chi connectivity index (χ2n) is 6.80. The van der Waals surface area contributed by atoms with Crippen molar-refractivity contribution in [3.63, 3.8) is 0 Å². The van der Waals surface area contributed by atoms with Crippen LogP contribution in [0.2, 0.25) is 0 Å². The van der Waals surface area contributed by atoms with E-state index < -0.39 is 27.0 Å². The standard InChI is InChI=1S/C23H29O7P/c1-3-27-31(28-4-2)30-22-15-20(25-16-18-11-7-5-8-12-18)21(29-22)17-26-23(24)19-13-9-6-10-14-19/h5-14,20-22H,3-4,15-17H2,1-2H3/t20-,21+,22?/m0/s1. The summed E-state index contributed by atoms with van der Waals surface area (Å²) in [5.41, 5.74) is 1.55. The molecule has 0 aliphatic carbocycles. The average molecular weight is 448 g/mol. The van der Waals surface area contributed by atoms with Gasteiger partial charge in [-0.25, -0.2) is 4.79 Å². The van der Waals surface area contributed by atoms with Gasteiger partial charge in [0, 0.05) is 6.42 Å². The predicted octanol–water partition coefficient (Wildman–Crippen LogP) is 4.86. The van der Waals surface area contributed by atoms with Gasteiger partial charge >= 0.3 is 14.6 Å². The van der Waals surface area contributed by atoms with Crippen LogP contribution in [0.15, 0.2) is 60.7 Å². The Labute approximate surface area is 184 Å². The summed E-state index contributed by atoms with van der Waals surface area (Å²) in [6, 6.07) is 18.7. The second kappa shape index (κ2) is 12.9. The van der Waals surface area contributed by atoms with E-state index in [1.807, 2.05) is 50.2 Å². The maximum absolute atomic E-state index is 12.3. The molecule has 1 aliphatic rings. The first-order chi connectivity index (χ1) is 15.2. The lowest BCUT2D eigenvalue weighted by Gasteiger charge is -2.20. The molecule has 3 rings (SSSR count). The van der Waals surface area contributed by atoms with Gasteiger partial charge in [0.15, 0.2) is 6.29 Å². The van der Waals surface area contributed by atoms with E-state index in [0.717, 1.165) is 5.56 Å². The van der Waals surface area contributed by atoms with E-state index in [9.17, 15) is 4.79 Å². The quantitative estimate of drug-likeness (QED) is 0.339. The van der Waals surface area contributed by atoms with Gasteiger partial charge in [0.05, 0.1) is 31.5 Å². The Morgan fingerprint density at radius 3 is 2.29 bits per heavy atom. The summed E-state index contributed by atoms with van der Waals surface area (Å²) >= 11 is 0. The highest BCUT2D eigenvalue weighted by Gasteiger charge is 2.39. The molecule has 8 heteroatoms. The van der Waals surface area contributed by atoms with Crippen molar-refractivity contribution in [2.75, 3.05) is 19.8 Å². The lowest BCUT2D eigenvalue weighted by Crippen LogP contribution is -2.30. The van der Waals surface area contributed by atoms with Crippen LogP contribution in [-0.2, 0) is 34.4 Å². The van der Waals surface area contributed by atoms with E-state index >= 15 is 0 Å². The number of carbonyl (C=O) groups excluding carboxylic acids is 1. The van der Waals surface area contributed by atoms with Crippen molar-refractivity contribution < 1.29 is 32.6 Å². The maximum atomic E-state index is 12.3. The highest BCUT2D eigenvalue weighted by Crippen LogP contribution is 2.43. The summed E-state index contributed by atoms with van der Waals surface area (Å²) in [5.74, 6) is -0.402. The topological polar surface area (TPSA) is 72.5 Å². The fourth-order valence-corrected chi connectivity index (χ4v) is 4.01. The summed E-state index contributed by atoms with van der Waals surface area (Å²) < 4.78 is 34.5. The Hall–Kier alpha value is -1.86. The number of carbonyl (C=O) groups is 1. The van der Waals surface area contributed by atoms with Crippen molar-refractivity contribution in [1.82, 2.24) is 0 Å². The molecule has 3 atom stereocenters. The van der Waals surface area contributed by atoms with Gasteiger partial charge in [-0.1, -0.05) is 48.5 Å². The van der Waals surface area contributed by atoms with Crippen LogP contribution in [0.3, 0.4) is 0 Å². The minimum atomic E-state index is -1.51. The van der Waals surface area contributed by atoms with Crippen LogP contribution >= 0.6 is 8.60 Å². The predicted molar refractivity (Wildman–Crippen MR) is 116 cm³/mol. The lowest BCUT2D eigenvalue weighted by atomic mass is 10.2. The average Bonchev–Trinajstić information content (AvgIpc) is 3.19. The molecular formula is C23H29O7P. The van der Waals surface area contributed by atoms with Gasteiger partial charge in [0.25, 0.3) is 0 Å². The summed E-state index contributed by atoms with van der Waals surface area (Å²) in [6.45, 7) is 5.20. The van der Waals surface area contributed by atoms with Crippen molar-refractivity contribution in [2.45, 2.75) is 45.4 Å². The third-order valence-electron chi connectivity index (χ3n) is 4.53. The highest BCUT2D eigenvalue weighted by atomic mass is 31.2. The molecule has 0 radical (unpaired) electrons. The molecule has 0 aromatic heterocycles. The van der Waals surface area contributed by atoms with Crippen LogP contribution in [0.5, 0.6) is 0 Å². The first-order valence-corrected chi connectivity index (χ1v) is 11.5. The van der Waals surface area contributed by atoms with E-state index in [0.29, 0.717) is 31.8 Å². The van der Waals surface area contributed by atoms with Crippen molar-refractivity contribution >= 4 is 14.6 Å². The van der Waals surface area contributed by atoms with Crippen molar-refractivity contribution in [1.29, 1.82) is 0 Å². The number of hydrogen-bond acceptors (Lipinski definition) is 7. The number of hydrogen-bond donors (Lipinski definition) is 0. The molecule has 2 aromatic rings. The molecule has 0 amide bonds.